The lowest BCUT2D eigenvalue weighted by Crippen LogP contribution is -2.36. The second kappa shape index (κ2) is 11.7. The Kier molecular flexibility index (Phi) is 8.37. The number of amides is 1. The number of carbonyl (C=O) groups excluding carboxylic acids is 1. The van der Waals surface area contributed by atoms with Gasteiger partial charge in [-0.05, 0) is 62.1 Å². The number of carbonyl (C=O) groups is 1. The number of aromatic nitrogens is 4. The number of halogens is 2. The largest absolute Gasteiger partial charge is 0.472 e. The van der Waals surface area contributed by atoms with E-state index in [9.17, 15) is 13.6 Å². The topological polar surface area (TPSA) is 88.4 Å². The molecule has 5 rings (SSSR count). The average molecular weight is 532 g/mol. The van der Waals surface area contributed by atoms with Crippen molar-refractivity contribution < 1.29 is 18.3 Å². The van der Waals surface area contributed by atoms with Crippen LogP contribution in [0.5, 0.6) is 0 Å². The molecule has 12 heteroatoms. The fourth-order valence-electron chi connectivity index (χ4n) is 4.36. The molecule has 4 heterocycles. The zero-order valence-corrected chi connectivity index (χ0v) is 22.0. The van der Waals surface area contributed by atoms with Gasteiger partial charge in [-0.25, -0.2) is 8.78 Å². The summed E-state index contributed by atoms with van der Waals surface area (Å²) in [6.07, 6.45) is 0.992. The highest BCUT2D eigenvalue weighted by molar-refractivity contribution is 7.09. The SMILES string of the molecule is C=C1OC(CNC(C)=O)CN1c1cc(F)c(N2CCC(n3nnc(C)n3)CC2)c(F)c1.Cc1cccs1. The third-order valence-electron chi connectivity index (χ3n) is 6.18. The lowest BCUT2D eigenvalue weighted by atomic mass is 10.0. The van der Waals surface area contributed by atoms with Crippen LogP contribution in [0, 0.1) is 25.5 Å². The number of anilines is 2. The van der Waals surface area contributed by atoms with Gasteiger partial charge in [-0.1, -0.05) is 6.07 Å². The highest BCUT2D eigenvalue weighted by Crippen LogP contribution is 2.35. The maximum Gasteiger partial charge on any atom is 0.217 e. The Bertz CT molecular complexity index is 1200. The number of hydrogen-bond donors (Lipinski definition) is 1. The summed E-state index contributed by atoms with van der Waals surface area (Å²) in [5.41, 5.74) is 0.289. The van der Waals surface area contributed by atoms with Crippen LogP contribution in [0.25, 0.3) is 0 Å². The van der Waals surface area contributed by atoms with E-state index in [1.165, 1.54) is 23.9 Å². The number of piperidine rings is 1. The van der Waals surface area contributed by atoms with Gasteiger partial charge in [-0.3, -0.25) is 4.79 Å². The molecular formula is C25H31F2N7O2S. The van der Waals surface area contributed by atoms with Crippen molar-refractivity contribution in [2.75, 3.05) is 36.0 Å². The van der Waals surface area contributed by atoms with Gasteiger partial charge in [0, 0.05) is 30.6 Å². The number of benzene rings is 1. The molecule has 198 valence electrons. The van der Waals surface area contributed by atoms with E-state index in [-0.39, 0.29) is 23.7 Å². The molecule has 0 spiro atoms. The van der Waals surface area contributed by atoms with Crippen molar-refractivity contribution in [2.45, 2.75) is 45.8 Å². The Morgan fingerprint density at radius 2 is 1.95 bits per heavy atom. The van der Waals surface area contributed by atoms with E-state index in [2.05, 4.69) is 51.7 Å². The highest BCUT2D eigenvalue weighted by Gasteiger charge is 2.31. The molecule has 1 N–H and O–H groups in total. The van der Waals surface area contributed by atoms with Crippen molar-refractivity contribution in [3.05, 3.63) is 64.4 Å². The molecule has 37 heavy (non-hydrogen) atoms. The summed E-state index contributed by atoms with van der Waals surface area (Å²) >= 11 is 1.78. The first-order chi connectivity index (χ1) is 17.7. The maximum atomic E-state index is 15.0. The van der Waals surface area contributed by atoms with Crippen molar-refractivity contribution in [3.63, 3.8) is 0 Å². The van der Waals surface area contributed by atoms with Gasteiger partial charge in [0.15, 0.2) is 23.3 Å². The first-order valence-electron chi connectivity index (χ1n) is 12.1. The van der Waals surface area contributed by atoms with Crippen LogP contribution in [0.2, 0.25) is 0 Å². The molecule has 0 aliphatic carbocycles. The molecule has 2 aromatic heterocycles. The summed E-state index contributed by atoms with van der Waals surface area (Å²) in [6.45, 7) is 10.7. The average Bonchev–Trinajstić information content (AvgIpc) is 3.60. The summed E-state index contributed by atoms with van der Waals surface area (Å²) < 4.78 is 35.6. The number of rotatable bonds is 5. The monoisotopic (exact) mass is 531 g/mol. The van der Waals surface area contributed by atoms with Gasteiger partial charge in [-0.15, -0.1) is 21.5 Å². The molecule has 0 saturated carbocycles. The zero-order valence-electron chi connectivity index (χ0n) is 21.2. The zero-order chi connectivity index (χ0) is 26.5. The standard InChI is InChI=1S/C20H25F2N7O2.C5H6S/c1-12-24-26-29(25-12)15-4-6-27(7-5-15)20-18(21)8-16(9-19(20)22)28-11-17(31-14(28)3)10-23-13(2)30;1-5-3-2-4-6-5/h8-9,15,17H,3-7,10-11H2,1-2H3,(H,23,30);2-4H,1H3. The summed E-state index contributed by atoms with van der Waals surface area (Å²) in [5, 5.41) is 16.9. The normalized spacial score (nSPS) is 17.9. The number of nitrogens with zero attached hydrogens (tertiary/aromatic N) is 6. The van der Waals surface area contributed by atoms with E-state index in [1.54, 1.807) is 32.9 Å². The van der Waals surface area contributed by atoms with E-state index in [0.29, 0.717) is 56.4 Å². The van der Waals surface area contributed by atoms with Crippen LogP contribution in [0.3, 0.4) is 0 Å². The smallest absolute Gasteiger partial charge is 0.217 e. The minimum Gasteiger partial charge on any atom is -0.472 e. The lowest BCUT2D eigenvalue weighted by molar-refractivity contribution is -0.119. The van der Waals surface area contributed by atoms with Crippen molar-refractivity contribution in [1.29, 1.82) is 0 Å². The van der Waals surface area contributed by atoms with Gasteiger partial charge in [-0.2, -0.15) is 4.80 Å². The van der Waals surface area contributed by atoms with Gasteiger partial charge < -0.3 is 19.9 Å². The van der Waals surface area contributed by atoms with Crippen LogP contribution in [0.4, 0.5) is 20.2 Å². The van der Waals surface area contributed by atoms with Gasteiger partial charge in [0.1, 0.15) is 11.8 Å². The van der Waals surface area contributed by atoms with Crippen LogP contribution in [0.15, 0.2) is 42.1 Å². The van der Waals surface area contributed by atoms with Gasteiger partial charge >= 0.3 is 0 Å². The predicted octanol–water partition coefficient (Wildman–Crippen LogP) is 3.97. The minimum atomic E-state index is -0.638. The number of ether oxygens (including phenoxy) is 1. The Morgan fingerprint density at radius 1 is 1.24 bits per heavy atom. The summed E-state index contributed by atoms with van der Waals surface area (Å²) in [7, 11) is 0. The van der Waals surface area contributed by atoms with Crippen LogP contribution in [-0.2, 0) is 9.53 Å². The second-order valence-electron chi connectivity index (χ2n) is 9.04. The van der Waals surface area contributed by atoms with Gasteiger partial charge in [0.05, 0.1) is 19.1 Å². The number of nitrogens with one attached hydrogen (secondary N) is 1. The van der Waals surface area contributed by atoms with Crippen LogP contribution in [0.1, 0.15) is 36.5 Å². The molecule has 2 fully saturated rings. The Hall–Kier alpha value is -3.54. The molecular weight excluding hydrogens is 500 g/mol. The Morgan fingerprint density at radius 3 is 2.46 bits per heavy atom. The number of tetrazole rings is 1. The van der Waals surface area contributed by atoms with E-state index in [4.69, 9.17) is 4.74 Å². The molecule has 1 amide bonds. The fraction of sp³-hybridized carbons (Fsp3) is 0.440. The summed E-state index contributed by atoms with van der Waals surface area (Å²) in [6, 6.07) is 6.81. The minimum absolute atomic E-state index is 0.0366. The van der Waals surface area contributed by atoms with E-state index < -0.39 is 11.6 Å². The Balaban J connectivity index is 0.000000469. The number of aryl methyl sites for hydroxylation is 2. The first-order valence-corrected chi connectivity index (χ1v) is 13.0. The highest BCUT2D eigenvalue weighted by atomic mass is 32.1. The molecule has 1 aromatic carbocycles. The van der Waals surface area contributed by atoms with Crippen LogP contribution >= 0.6 is 11.3 Å². The molecule has 2 aliphatic heterocycles. The molecule has 3 aromatic rings. The van der Waals surface area contributed by atoms with Crippen molar-refractivity contribution in [1.82, 2.24) is 25.5 Å². The van der Waals surface area contributed by atoms with Crippen molar-refractivity contribution >= 4 is 28.6 Å². The third-order valence-corrected chi connectivity index (χ3v) is 6.98. The molecule has 1 unspecified atom stereocenters. The van der Waals surface area contributed by atoms with Gasteiger partial charge in [0.2, 0.25) is 5.91 Å². The quantitative estimate of drug-likeness (QED) is 0.533. The van der Waals surface area contributed by atoms with Crippen molar-refractivity contribution in [3.8, 4) is 0 Å². The predicted molar refractivity (Wildman–Crippen MR) is 138 cm³/mol. The summed E-state index contributed by atoms with van der Waals surface area (Å²) in [5.74, 6) is -0.560. The molecule has 2 saturated heterocycles. The van der Waals surface area contributed by atoms with E-state index >= 15 is 0 Å². The molecule has 1 atom stereocenters. The van der Waals surface area contributed by atoms with E-state index in [0.717, 1.165) is 0 Å². The molecule has 0 bridgehead atoms. The number of thiophene rings is 1. The fourth-order valence-corrected chi connectivity index (χ4v) is 4.89. The second-order valence-corrected chi connectivity index (χ2v) is 10.2. The molecule has 2 aliphatic rings. The Labute approximate surface area is 218 Å². The van der Waals surface area contributed by atoms with Crippen LogP contribution < -0.4 is 15.1 Å². The third kappa shape index (κ3) is 6.62. The molecule has 0 radical (unpaired) electrons. The first kappa shape index (κ1) is 26.5. The summed E-state index contributed by atoms with van der Waals surface area (Å²) in [4.78, 5) is 17.4. The van der Waals surface area contributed by atoms with E-state index in [1.807, 2.05) is 0 Å². The van der Waals surface area contributed by atoms with Gasteiger partial charge in [0.25, 0.3) is 0 Å². The maximum absolute atomic E-state index is 15.0. The van der Waals surface area contributed by atoms with Crippen molar-refractivity contribution in [2.24, 2.45) is 0 Å². The number of hydrogen-bond acceptors (Lipinski definition) is 8. The van der Waals surface area contributed by atoms with Crippen LogP contribution in [-0.4, -0.2) is 58.4 Å². The lowest BCUT2D eigenvalue weighted by Gasteiger charge is -2.33. The molecule has 9 nitrogen and oxygen atoms in total.